The molecule has 0 N–H and O–H groups in total. The van der Waals surface area contributed by atoms with Gasteiger partial charge in [0.15, 0.2) is 11.5 Å². The molecule has 0 amide bonds. The lowest BCUT2D eigenvalue weighted by Gasteiger charge is -1.96. The summed E-state index contributed by atoms with van der Waals surface area (Å²) in [6, 6.07) is 5.68. The van der Waals surface area contributed by atoms with Crippen molar-refractivity contribution in [2.45, 2.75) is 0 Å². The predicted octanol–water partition coefficient (Wildman–Crippen LogP) is 2.62. The maximum absolute atomic E-state index is 5.43. The second-order valence-electron chi connectivity index (χ2n) is 2.41. The van der Waals surface area contributed by atoms with Gasteiger partial charge in [-0.2, -0.15) is 0 Å². The van der Waals surface area contributed by atoms with Crippen molar-refractivity contribution >= 4 is 17.7 Å². The zero-order chi connectivity index (χ0) is 8.39. The van der Waals surface area contributed by atoms with Crippen molar-refractivity contribution in [3.05, 3.63) is 29.3 Å². The molecular formula is C9H7ClO2. The van der Waals surface area contributed by atoms with Crippen molar-refractivity contribution in [1.82, 2.24) is 0 Å². The second-order valence-corrected chi connectivity index (χ2v) is 2.66. The summed E-state index contributed by atoms with van der Waals surface area (Å²) in [5, 5.41) is 0. The molecule has 1 aliphatic rings. The van der Waals surface area contributed by atoms with Gasteiger partial charge < -0.3 is 9.47 Å². The van der Waals surface area contributed by atoms with Crippen LogP contribution in [-0.2, 0) is 0 Å². The Hall–Kier alpha value is -1.15. The molecule has 0 spiro atoms. The Morgan fingerprint density at radius 3 is 2.92 bits per heavy atom. The van der Waals surface area contributed by atoms with Crippen LogP contribution < -0.4 is 9.47 Å². The first-order valence-corrected chi connectivity index (χ1v) is 4.00. The number of fused-ring (bicyclic) bond motifs is 1. The van der Waals surface area contributed by atoms with Gasteiger partial charge >= 0.3 is 0 Å². The van der Waals surface area contributed by atoms with E-state index >= 15 is 0 Å². The van der Waals surface area contributed by atoms with Crippen LogP contribution in [0.4, 0.5) is 0 Å². The van der Waals surface area contributed by atoms with E-state index in [0.717, 1.165) is 17.1 Å². The molecular weight excluding hydrogens is 176 g/mol. The van der Waals surface area contributed by atoms with Gasteiger partial charge in [-0.1, -0.05) is 17.7 Å². The monoisotopic (exact) mass is 182 g/mol. The van der Waals surface area contributed by atoms with Gasteiger partial charge in [0.1, 0.15) is 0 Å². The molecule has 1 aliphatic heterocycles. The highest BCUT2D eigenvalue weighted by atomic mass is 35.5. The Bertz CT molecular complexity index is 320. The quantitative estimate of drug-likeness (QED) is 0.665. The molecule has 62 valence electrons. The molecule has 0 saturated carbocycles. The number of rotatable bonds is 1. The van der Waals surface area contributed by atoms with E-state index in [-0.39, 0.29) is 0 Å². The standard InChI is InChI=1S/C9H7ClO2/c10-4-3-7-1-2-8-9(5-7)12-6-11-8/h1-5H,6H2/b4-3-. The molecule has 2 rings (SSSR count). The van der Waals surface area contributed by atoms with Gasteiger partial charge in [0.2, 0.25) is 6.79 Å². The summed E-state index contributed by atoms with van der Waals surface area (Å²) in [5.74, 6) is 1.57. The van der Waals surface area contributed by atoms with Crippen molar-refractivity contribution in [2.24, 2.45) is 0 Å². The predicted molar refractivity (Wildman–Crippen MR) is 47.5 cm³/mol. The molecule has 12 heavy (non-hydrogen) atoms. The van der Waals surface area contributed by atoms with Crippen molar-refractivity contribution in [3.8, 4) is 11.5 Å². The van der Waals surface area contributed by atoms with Crippen LogP contribution in [0.5, 0.6) is 11.5 Å². The normalized spacial score (nSPS) is 14.1. The van der Waals surface area contributed by atoms with Crippen LogP contribution in [0.25, 0.3) is 6.08 Å². The van der Waals surface area contributed by atoms with Gasteiger partial charge in [0.25, 0.3) is 0 Å². The lowest BCUT2D eigenvalue weighted by atomic mass is 10.2. The molecule has 0 fully saturated rings. The molecule has 1 aromatic carbocycles. The maximum Gasteiger partial charge on any atom is 0.231 e. The van der Waals surface area contributed by atoms with Crippen molar-refractivity contribution in [3.63, 3.8) is 0 Å². The smallest absolute Gasteiger partial charge is 0.231 e. The van der Waals surface area contributed by atoms with E-state index in [2.05, 4.69) is 0 Å². The van der Waals surface area contributed by atoms with Gasteiger partial charge in [-0.25, -0.2) is 0 Å². The highest BCUT2D eigenvalue weighted by Crippen LogP contribution is 2.32. The average Bonchev–Trinajstić information content (AvgIpc) is 2.51. The molecule has 0 aliphatic carbocycles. The van der Waals surface area contributed by atoms with E-state index < -0.39 is 0 Å². The number of hydrogen-bond acceptors (Lipinski definition) is 2. The van der Waals surface area contributed by atoms with Gasteiger partial charge in [-0.3, -0.25) is 0 Å². The van der Waals surface area contributed by atoms with Crippen molar-refractivity contribution < 1.29 is 9.47 Å². The molecule has 2 nitrogen and oxygen atoms in total. The Labute approximate surface area is 75.4 Å². The molecule has 0 bridgehead atoms. The molecule has 3 heteroatoms. The van der Waals surface area contributed by atoms with E-state index in [0.29, 0.717) is 6.79 Å². The molecule has 1 heterocycles. The molecule has 0 saturated heterocycles. The number of halogens is 1. The Morgan fingerprint density at radius 2 is 2.08 bits per heavy atom. The third-order valence-electron chi connectivity index (χ3n) is 1.65. The first kappa shape index (κ1) is 7.50. The zero-order valence-corrected chi connectivity index (χ0v) is 7.04. The van der Waals surface area contributed by atoms with E-state index in [4.69, 9.17) is 21.1 Å². The molecule has 1 aromatic rings. The summed E-state index contributed by atoms with van der Waals surface area (Å²) in [4.78, 5) is 0. The fourth-order valence-electron chi connectivity index (χ4n) is 1.09. The Kier molecular flexibility index (Phi) is 1.92. The first-order valence-electron chi connectivity index (χ1n) is 3.56. The fraction of sp³-hybridized carbons (Fsp3) is 0.111. The fourth-order valence-corrected chi connectivity index (χ4v) is 1.24. The molecule has 0 atom stereocenters. The lowest BCUT2D eigenvalue weighted by molar-refractivity contribution is 0.174. The molecule has 0 radical (unpaired) electrons. The summed E-state index contributed by atoms with van der Waals surface area (Å²) >= 11 is 5.43. The summed E-state index contributed by atoms with van der Waals surface area (Å²) in [7, 11) is 0. The number of benzene rings is 1. The van der Waals surface area contributed by atoms with E-state index in [1.807, 2.05) is 18.2 Å². The van der Waals surface area contributed by atoms with Crippen LogP contribution in [0.3, 0.4) is 0 Å². The van der Waals surface area contributed by atoms with Crippen LogP contribution in [-0.4, -0.2) is 6.79 Å². The minimum absolute atomic E-state index is 0.309. The largest absolute Gasteiger partial charge is 0.454 e. The van der Waals surface area contributed by atoms with Crippen LogP contribution in [0.2, 0.25) is 0 Å². The minimum atomic E-state index is 0.309. The van der Waals surface area contributed by atoms with Crippen LogP contribution >= 0.6 is 11.6 Å². The highest BCUT2D eigenvalue weighted by molar-refractivity contribution is 6.27. The summed E-state index contributed by atoms with van der Waals surface area (Å²) in [5.41, 5.74) is 2.48. The van der Waals surface area contributed by atoms with Crippen LogP contribution in [0, 0.1) is 0 Å². The first-order chi connectivity index (χ1) is 5.90. The number of hydrogen-bond donors (Lipinski definition) is 0. The van der Waals surface area contributed by atoms with E-state index in [1.165, 1.54) is 5.54 Å². The highest BCUT2D eigenvalue weighted by Gasteiger charge is 2.11. The average molecular weight is 183 g/mol. The van der Waals surface area contributed by atoms with Gasteiger partial charge in [0, 0.05) is 5.54 Å². The zero-order valence-electron chi connectivity index (χ0n) is 6.29. The minimum Gasteiger partial charge on any atom is -0.454 e. The second kappa shape index (κ2) is 3.07. The van der Waals surface area contributed by atoms with E-state index in [9.17, 15) is 0 Å². The molecule has 0 unspecified atom stereocenters. The summed E-state index contributed by atoms with van der Waals surface area (Å²) in [6.45, 7) is 0.309. The van der Waals surface area contributed by atoms with Gasteiger partial charge in [-0.05, 0) is 23.8 Å². The van der Waals surface area contributed by atoms with Gasteiger partial charge in [0.05, 0.1) is 0 Å². The Balaban J connectivity index is 2.38. The summed E-state index contributed by atoms with van der Waals surface area (Å²) in [6.07, 6.45) is 1.80. The van der Waals surface area contributed by atoms with Gasteiger partial charge in [-0.15, -0.1) is 0 Å². The van der Waals surface area contributed by atoms with Crippen molar-refractivity contribution in [2.75, 3.05) is 6.79 Å². The van der Waals surface area contributed by atoms with Crippen molar-refractivity contribution in [1.29, 1.82) is 0 Å². The van der Waals surface area contributed by atoms with Crippen LogP contribution in [0.1, 0.15) is 5.56 Å². The van der Waals surface area contributed by atoms with Crippen LogP contribution in [0.15, 0.2) is 23.7 Å². The SMILES string of the molecule is Cl/C=C\c1ccc2c(c1)OCO2. The molecule has 0 aromatic heterocycles. The topological polar surface area (TPSA) is 18.5 Å². The Morgan fingerprint density at radius 1 is 1.25 bits per heavy atom. The lowest BCUT2D eigenvalue weighted by Crippen LogP contribution is -1.92. The number of ether oxygens (including phenoxy) is 2. The van der Waals surface area contributed by atoms with E-state index in [1.54, 1.807) is 6.08 Å². The third-order valence-corrected chi connectivity index (χ3v) is 1.78. The third kappa shape index (κ3) is 1.25. The summed E-state index contributed by atoms with van der Waals surface area (Å²) < 4.78 is 10.3. The maximum atomic E-state index is 5.43.